The Morgan fingerprint density at radius 1 is 1.07 bits per heavy atom. The summed E-state index contributed by atoms with van der Waals surface area (Å²) in [7, 11) is 1.47. The van der Waals surface area contributed by atoms with Crippen LogP contribution in [0.15, 0.2) is 59.5 Å². The van der Waals surface area contributed by atoms with Crippen LogP contribution in [0.25, 0.3) is 11.3 Å². The Labute approximate surface area is 171 Å². The Morgan fingerprint density at radius 2 is 1.93 bits per heavy atom. The van der Waals surface area contributed by atoms with Crippen molar-refractivity contribution in [3.8, 4) is 23.1 Å². The van der Waals surface area contributed by atoms with E-state index in [0.29, 0.717) is 40.9 Å². The van der Waals surface area contributed by atoms with Gasteiger partial charge < -0.3 is 19.7 Å². The maximum absolute atomic E-state index is 13.8. The van der Waals surface area contributed by atoms with E-state index in [4.69, 9.17) is 19.7 Å². The first-order valence-electron chi connectivity index (χ1n) is 9.05. The van der Waals surface area contributed by atoms with E-state index >= 15 is 0 Å². The monoisotopic (exact) mass is 407 g/mol. The number of nitrogens with zero attached hydrogens (tertiary/aromatic N) is 4. The third kappa shape index (κ3) is 4.35. The van der Waals surface area contributed by atoms with Crippen molar-refractivity contribution in [2.75, 3.05) is 12.8 Å². The minimum atomic E-state index is -0.469. The second-order valence-electron chi connectivity index (χ2n) is 6.41. The molecule has 0 unspecified atom stereocenters. The summed E-state index contributed by atoms with van der Waals surface area (Å²) in [6.45, 7) is 0.0102. The average Bonchev–Trinajstić information content (AvgIpc) is 3.22. The van der Waals surface area contributed by atoms with Crippen LogP contribution < -0.4 is 15.2 Å². The predicted octanol–water partition coefficient (Wildman–Crippen LogP) is 3.43. The number of rotatable bonds is 7. The molecule has 152 valence electrons. The van der Waals surface area contributed by atoms with Gasteiger partial charge in [0.05, 0.1) is 24.6 Å². The highest BCUT2D eigenvalue weighted by Gasteiger charge is 2.11. The molecule has 4 rings (SSSR count). The molecule has 0 fully saturated rings. The lowest BCUT2D eigenvalue weighted by Crippen LogP contribution is -2.02. The summed E-state index contributed by atoms with van der Waals surface area (Å²) in [5.74, 6) is 1.16. The minimum Gasteiger partial charge on any atom is -0.481 e. The van der Waals surface area contributed by atoms with E-state index in [2.05, 4.69) is 20.1 Å². The molecule has 8 nitrogen and oxygen atoms in total. The van der Waals surface area contributed by atoms with Crippen molar-refractivity contribution in [3.05, 3.63) is 77.6 Å². The van der Waals surface area contributed by atoms with E-state index < -0.39 is 5.82 Å². The fourth-order valence-electron chi connectivity index (χ4n) is 2.79. The van der Waals surface area contributed by atoms with Gasteiger partial charge in [0, 0.05) is 42.6 Å². The average molecular weight is 407 g/mol. The van der Waals surface area contributed by atoms with Crippen molar-refractivity contribution < 1.29 is 18.4 Å². The summed E-state index contributed by atoms with van der Waals surface area (Å²) in [5, 5.41) is 4.08. The zero-order valence-corrected chi connectivity index (χ0v) is 16.1. The molecule has 0 atom stereocenters. The highest BCUT2D eigenvalue weighted by atomic mass is 19.1. The van der Waals surface area contributed by atoms with Crippen molar-refractivity contribution in [2.24, 2.45) is 0 Å². The lowest BCUT2D eigenvalue weighted by Gasteiger charge is -2.08. The molecule has 4 aromatic rings. The van der Waals surface area contributed by atoms with E-state index in [9.17, 15) is 4.39 Å². The number of methoxy groups -OCH3 is 1. The SMILES string of the molecule is COc1cc(COc2ccc(Cc3cc(-c4cccnc4N)on3)cn2)c(F)cn1. The maximum atomic E-state index is 13.8. The summed E-state index contributed by atoms with van der Waals surface area (Å²) in [6, 6.07) is 10.5. The van der Waals surface area contributed by atoms with Crippen molar-refractivity contribution in [1.29, 1.82) is 0 Å². The first-order valence-corrected chi connectivity index (χ1v) is 9.05. The molecule has 0 aliphatic heterocycles. The summed E-state index contributed by atoms with van der Waals surface area (Å²) in [6.07, 6.45) is 4.91. The summed E-state index contributed by atoms with van der Waals surface area (Å²) in [4.78, 5) is 12.1. The number of hydrogen-bond donors (Lipinski definition) is 1. The van der Waals surface area contributed by atoms with Gasteiger partial charge in [-0.25, -0.2) is 19.3 Å². The van der Waals surface area contributed by atoms with Gasteiger partial charge in [-0.2, -0.15) is 0 Å². The number of halogens is 1. The van der Waals surface area contributed by atoms with Gasteiger partial charge in [0.2, 0.25) is 11.8 Å². The molecular weight excluding hydrogens is 389 g/mol. The molecule has 0 spiro atoms. The van der Waals surface area contributed by atoms with Gasteiger partial charge in [0.15, 0.2) is 5.76 Å². The smallest absolute Gasteiger partial charge is 0.213 e. The molecule has 30 heavy (non-hydrogen) atoms. The molecule has 0 saturated carbocycles. The van der Waals surface area contributed by atoms with Crippen LogP contribution in [0.5, 0.6) is 11.8 Å². The van der Waals surface area contributed by atoms with E-state index in [1.165, 1.54) is 13.2 Å². The number of anilines is 1. The van der Waals surface area contributed by atoms with E-state index in [-0.39, 0.29) is 6.61 Å². The largest absolute Gasteiger partial charge is 0.481 e. The van der Waals surface area contributed by atoms with Crippen molar-refractivity contribution in [1.82, 2.24) is 20.1 Å². The molecule has 4 heterocycles. The van der Waals surface area contributed by atoms with Gasteiger partial charge in [-0.15, -0.1) is 0 Å². The van der Waals surface area contributed by atoms with Crippen LogP contribution in [-0.2, 0) is 13.0 Å². The van der Waals surface area contributed by atoms with Crippen LogP contribution >= 0.6 is 0 Å². The highest BCUT2D eigenvalue weighted by molar-refractivity contribution is 5.69. The van der Waals surface area contributed by atoms with E-state index in [1.54, 1.807) is 24.5 Å². The fourth-order valence-corrected chi connectivity index (χ4v) is 2.79. The second-order valence-corrected chi connectivity index (χ2v) is 6.41. The van der Waals surface area contributed by atoms with Crippen molar-refractivity contribution in [2.45, 2.75) is 13.0 Å². The highest BCUT2D eigenvalue weighted by Crippen LogP contribution is 2.25. The van der Waals surface area contributed by atoms with Crippen molar-refractivity contribution >= 4 is 5.82 Å². The molecule has 0 amide bonds. The number of nitrogen functional groups attached to an aromatic ring is 1. The van der Waals surface area contributed by atoms with Gasteiger partial charge in [0.1, 0.15) is 18.2 Å². The van der Waals surface area contributed by atoms with Crippen LogP contribution in [0.4, 0.5) is 10.2 Å². The quantitative estimate of drug-likeness (QED) is 0.496. The first-order chi connectivity index (χ1) is 14.6. The van der Waals surface area contributed by atoms with Crippen LogP contribution in [0.2, 0.25) is 0 Å². The lowest BCUT2D eigenvalue weighted by molar-refractivity contribution is 0.286. The Bertz CT molecular complexity index is 1150. The van der Waals surface area contributed by atoms with Gasteiger partial charge in [-0.3, -0.25) is 0 Å². The Kier molecular flexibility index (Phi) is 5.51. The van der Waals surface area contributed by atoms with Crippen LogP contribution in [0.3, 0.4) is 0 Å². The number of ether oxygens (including phenoxy) is 2. The molecule has 9 heteroatoms. The van der Waals surface area contributed by atoms with Crippen LogP contribution in [0.1, 0.15) is 16.8 Å². The third-order valence-corrected chi connectivity index (χ3v) is 4.34. The first kappa shape index (κ1) is 19.3. The fraction of sp³-hybridized carbons (Fsp3) is 0.143. The number of aromatic nitrogens is 4. The molecule has 0 aliphatic rings. The Hall–Kier alpha value is -4.01. The molecule has 0 bridgehead atoms. The summed E-state index contributed by atoms with van der Waals surface area (Å²) >= 11 is 0. The second kappa shape index (κ2) is 8.56. The zero-order chi connectivity index (χ0) is 20.9. The molecule has 0 aromatic carbocycles. The predicted molar refractivity (Wildman–Crippen MR) is 106 cm³/mol. The molecule has 0 radical (unpaired) electrons. The summed E-state index contributed by atoms with van der Waals surface area (Å²) in [5.41, 5.74) is 8.54. The van der Waals surface area contributed by atoms with Gasteiger partial charge in [0.25, 0.3) is 0 Å². The Morgan fingerprint density at radius 3 is 2.70 bits per heavy atom. The third-order valence-electron chi connectivity index (χ3n) is 4.34. The van der Waals surface area contributed by atoms with Crippen LogP contribution in [0, 0.1) is 5.82 Å². The molecule has 0 aliphatic carbocycles. The lowest BCUT2D eigenvalue weighted by atomic mass is 10.1. The molecule has 4 aromatic heterocycles. The van der Waals surface area contributed by atoms with Gasteiger partial charge in [-0.1, -0.05) is 11.2 Å². The number of hydrogen-bond acceptors (Lipinski definition) is 8. The van der Waals surface area contributed by atoms with Gasteiger partial charge in [-0.05, 0) is 17.7 Å². The molecule has 2 N–H and O–H groups in total. The Balaban J connectivity index is 1.39. The molecular formula is C21H18FN5O3. The normalized spacial score (nSPS) is 10.7. The van der Waals surface area contributed by atoms with Crippen LogP contribution in [-0.4, -0.2) is 27.2 Å². The maximum Gasteiger partial charge on any atom is 0.213 e. The van der Waals surface area contributed by atoms with E-state index in [1.807, 2.05) is 18.2 Å². The number of pyridine rings is 3. The standard InChI is InChI=1S/C21H18FN5O3/c1-28-20-8-14(17(22)11-26-20)12-29-19-5-4-13(10-25-19)7-15-9-18(30-27-15)16-3-2-6-24-21(16)23/h2-6,8-11H,7,12H2,1H3,(H2,23,24). The van der Waals surface area contributed by atoms with E-state index in [0.717, 1.165) is 17.5 Å². The van der Waals surface area contributed by atoms with Crippen molar-refractivity contribution in [3.63, 3.8) is 0 Å². The topological polar surface area (TPSA) is 109 Å². The van der Waals surface area contributed by atoms with Gasteiger partial charge >= 0.3 is 0 Å². The number of nitrogens with two attached hydrogens (primary N) is 1. The summed E-state index contributed by atoms with van der Waals surface area (Å²) < 4.78 is 29.8. The minimum absolute atomic E-state index is 0.0102. The molecule has 0 saturated heterocycles. The zero-order valence-electron chi connectivity index (χ0n) is 16.1.